The van der Waals surface area contributed by atoms with Crippen LogP contribution < -0.4 is 0 Å². The first-order valence-electron chi connectivity index (χ1n) is 12.9. The van der Waals surface area contributed by atoms with E-state index in [1.165, 1.54) is 37.5 Å². The molecule has 0 spiro atoms. The Morgan fingerprint density at radius 1 is 1.11 bits per heavy atom. The quantitative estimate of drug-likeness (QED) is 0.133. The number of carbonyl (C=O) groups excluding carboxylic acids is 1. The molecule has 0 aliphatic carbocycles. The summed E-state index contributed by atoms with van der Waals surface area (Å²) in [7, 11) is 0.802. The molecule has 4 atom stereocenters. The molecule has 1 aromatic carbocycles. The molecule has 0 radical (unpaired) electrons. The van der Waals surface area contributed by atoms with Gasteiger partial charge in [-0.2, -0.15) is 13.2 Å². The van der Waals surface area contributed by atoms with Crippen molar-refractivity contribution >= 4 is 5.97 Å². The molecule has 38 heavy (non-hydrogen) atoms. The SMILES string of the molecule is C=C[C@H](C#CC#CC[C@H]1OC(C)(C)O[C@@H]1CCCCCCC)OC(=O)[C@@](OC)(c1ccccc1)C(F)(F)F. The molecule has 208 valence electrons. The highest BCUT2D eigenvalue weighted by atomic mass is 19.4. The first-order valence-corrected chi connectivity index (χ1v) is 12.9. The van der Waals surface area contributed by atoms with Gasteiger partial charge in [-0.3, -0.25) is 0 Å². The van der Waals surface area contributed by atoms with E-state index in [4.69, 9.17) is 18.9 Å². The molecule has 0 unspecified atom stereocenters. The zero-order valence-electron chi connectivity index (χ0n) is 22.5. The third-order valence-electron chi connectivity index (χ3n) is 6.17. The summed E-state index contributed by atoms with van der Waals surface area (Å²) in [5.41, 5.74) is -3.71. The van der Waals surface area contributed by atoms with Gasteiger partial charge in [-0.25, -0.2) is 4.79 Å². The fourth-order valence-corrected chi connectivity index (χ4v) is 4.30. The van der Waals surface area contributed by atoms with Crippen LogP contribution in [0.25, 0.3) is 0 Å². The minimum Gasteiger partial charge on any atom is -0.442 e. The standard InChI is InChI=1S/C30H37F3O5/c1-6-8-9-10-16-21-25-26(38-28(3,4)37-25)22-17-12-15-20-24(7-2)36-27(34)29(35-5,30(31,32)33)23-18-13-11-14-19-23/h7,11,13-14,18-19,24-26H,2,6,8-10,16,21-22H2,1,3-5H3/t24-,25-,26-,29+/m1/s1. The Hall–Kier alpha value is -2.78. The number of methoxy groups -OCH3 is 1. The van der Waals surface area contributed by atoms with Gasteiger partial charge in [-0.1, -0.05) is 81.9 Å². The highest BCUT2D eigenvalue weighted by molar-refractivity contribution is 5.83. The molecule has 0 bridgehead atoms. The Balaban J connectivity index is 2.05. The van der Waals surface area contributed by atoms with E-state index in [-0.39, 0.29) is 12.2 Å². The van der Waals surface area contributed by atoms with Gasteiger partial charge >= 0.3 is 12.1 Å². The summed E-state index contributed by atoms with van der Waals surface area (Å²) in [6.45, 7) is 9.41. The smallest absolute Gasteiger partial charge is 0.432 e. The average molecular weight is 535 g/mol. The number of rotatable bonds is 12. The van der Waals surface area contributed by atoms with Crippen LogP contribution in [0.3, 0.4) is 0 Å². The molecular weight excluding hydrogens is 497 g/mol. The zero-order chi connectivity index (χ0) is 28.2. The number of unbranched alkanes of at least 4 members (excludes halogenated alkanes) is 4. The minimum absolute atomic E-state index is 0.0710. The maximum Gasteiger partial charge on any atom is 0.432 e. The van der Waals surface area contributed by atoms with Crippen molar-refractivity contribution in [3.63, 3.8) is 0 Å². The number of esters is 1. The second-order valence-corrected chi connectivity index (χ2v) is 9.50. The monoisotopic (exact) mass is 534 g/mol. The van der Waals surface area contributed by atoms with E-state index < -0.39 is 35.2 Å². The molecule has 1 heterocycles. The second kappa shape index (κ2) is 14.4. The summed E-state index contributed by atoms with van der Waals surface area (Å²) in [6.07, 6.45) is 1.49. The average Bonchev–Trinajstić information content (AvgIpc) is 3.16. The summed E-state index contributed by atoms with van der Waals surface area (Å²) in [6, 6.07) is 6.57. The van der Waals surface area contributed by atoms with Crippen LogP contribution in [0.2, 0.25) is 0 Å². The molecule has 0 N–H and O–H groups in total. The van der Waals surface area contributed by atoms with Crippen LogP contribution in [-0.4, -0.2) is 43.4 Å². The van der Waals surface area contributed by atoms with Gasteiger partial charge < -0.3 is 18.9 Å². The van der Waals surface area contributed by atoms with Gasteiger partial charge in [0, 0.05) is 19.1 Å². The fraction of sp³-hybridized carbons (Fsp3) is 0.567. The van der Waals surface area contributed by atoms with Gasteiger partial charge in [0.2, 0.25) is 0 Å². The number of hydrogen-bond acceptors (Lipinski definition) is 5. The Labute approximate surface area is 224 Å². The van der Waals surface area contributed by atoms with Gasteiger partial charge in [0.05, 0.1) is 12.2 Å². The minimum atomic E-state index is -5.08. The van der Waals surface area contributed by atoms with Crippen LogP contribution in [0.5, 0.6) is 0 Å². The van der Waals surface area contributed by atoms with E-state index in [1.54, 1.807) is 0 Å². The fourth-order valence-electron chi connectivity index (χ4n) is 4.30. The maximum absolute atomic E-state index is 14.1. The molecular formula is C30H37F3O5. The summed E-state index contributed by atoms with van der Waals surface area (Å²) in [5, 5.41) is 0. The highest BCUT2D eigenvalue weighted by Gasteiger charge is 2.64. The highest BCUT2D eigenvalue weighted by Crippen LogP contribution is 2.43. The Morgan fingerprint density at radius 2 is 1.76 bits per heavy atom. The van der Waals surface area contributed by atoms with Crippen LogP contribution in [-0.2, 0) is 29.3 Å². The summed E-state index contributed by atoms with van der Waals surface area (Å²) in [4.78, 5) is 12.8. The lowest BCUT2D eigenvalue weighted by molar-refractivity contribution is -0.276. The lowest BCUT2D eigenvalue weighted by atomic mass is 9.92. The molecule has 0 saturated carbocycles. The number of benzene rings is 1. The molecule has 1 fully saturated rings. The number of halogens is 3. The van der Waals surface area contributed by atoms with Gasteiger partial charge in [0.25, 0.3) is 5.60 Å². The third kappa shape index (κ3) is 8.36. The van der Waals surface area contributed by atoms with Crippen molar-refractivity contribution in [2.24, 2.45) is 0 Å². The Kier molecular flexibility index (Phi) is 11.9. The Morgan fingerprint density at radius 3 is 2.37 bits per heavy atom. The predicted molar refractivity (Wildman–Crippen MR) is 139 cm³/mol. The maximum atomic E-state index is 14.1. The van der Waals surface area contributed by atoms with E-state index in [9.17, 15) is 18.0 Å². The number of ether oxygens (including phenoxy) is 4. The number of alkyl halides is 3. The van der Waals surface area contributed by atoms with Gasteiger partial charge in [0.15, 0.2) is 11.9 Å². The summed E-state index contributed by atoms with van der Waals surface area (Å²) in [5.74, 6) is 8.30. The normalized spacial score (nSPS) is 20.7. The van der Waals surface area contributed by atoms with E-state index in [0.29, 0.717) is 6.42 Å². The van der Waals surface area contributed by atoms with E-state index >= 15 is 0 Å². The van der Waals surface area contributed by atoms with Crippen molar-refractivity contribution in [2.75, 3.05) is 7.11 Å². The van der Waals surface area contributed by atoms with E-state index in [2.05, 4.69) is 37.2 Å². The van der Waals surface area contributed by atoms with Crippen LogP contribution in [0.15, 0.2) is 43.0 Å². The van der Waals surface area contributed by atoms with Crippen molar-refractivity contribution in [1.82, 2.24) is 0 Å². The zero-order valence-corrected chi connectivity index (χ0v) is 22.5. The first kappa shape index (κ1) is 31.4. The largest absolute Gasteiger partial charge is 0.442 e. The molecule has 5 nitrogen and oxygen atoms in total. The summed E-state index contributed by atoms with van der Waals surface area (Å²) < 4.78 is 64.0. The molecule has 1 aliphatic heterocycles. The van der Waals surface area contributed by atoms with Crippen molar-refractivity contribution < 1.29 is 36.9 Å². The molecule has 1 aliphatic rings. The van der Waals surface area contributed by atoms with E-state index in [1.807, 2.05) is 13.8 Å². The molecule has 2 rings (SSSR count). The molecule has 1 saturated heterocycles. The third-order valence-corrected chi connectivity index (χ3v) is 6.17. The number of carbonyl (C=O) groups is 1. The molecule has 1 aromatic rings. The van der Waals surface area contributed by atoms with Crippen LogP contribution in [0, 0.1) is 23.7 Å². The van der Waals surface area contributed by atoms with Crippen molar-refractivity contribution in [1.29, 1.82) is 0 Å². The lowest BCUT2D eigenvalue weighted by Gasteiger charge is -2.32. The van der Waals surface area contributed by atoms with Crippen molar-refractivity contribution in [3.05, 3.63) is 48.6 Å². The van der Waals surface area contributed by atoms with Gasteiger partial charge in [0.1, 0.15) is 0 Å². The molecule has 0 aromatic heterocycles. The van der Waals surface area contributed by atoms with Crippen LogP contribution in [0.1, 0.15) is 71.3 Å². The second-order valence-electron chi connectivity index (χ2n) is 9.50. The van der Waals surface area contributed by atoms with Gasteiger partial charge in [-0.05, 0) is 44.1 Å². The van der Waals surface area contributed by atoms with Crippen molar-refractivity contribution in [3.8, 4) is 23.7 Å². The first-order chi connectivity index (χ1) is 18.0. The number of hydrogen-bond donors (Lipinski definition) is 0. The lowest BCUT2D eigenvalue weighted by Crippen LogP contribution is -2.52. The Bertz CT molecular complexity index is 1030. The van der Waals surface area contributed by atoms with Crippen LogP contribution in [0.4, 0.5) is 13.2 Å². The van der Waals surface area contributed by atoms with Crippen LogP contribution >= 0.6 is 0 Å². The summed E-state index contributed by atoms with van der Waals surface area (Å²) >= 11 is 0. The van der Waals surface area contributed by atoms with Gasteiger partial charge in [-0.15, -0.1) is 0 Å². The van der Waals surface area contributed by atoms with E-state index in [0.717, 1.165) is 44.6 Å². The predicted octanol–water partition coefficient (Wildman–Crippen LogP) is 6.47. The topological polar surface area (TPSA) is 54.0 Å². The van der Waals surface area contributed by atoms with Crippen molar-refractivity contribution in [2.45, 2.75) is 102 Å². The molecule has 8 heteroatoms. The molecule has 0 amide bonds.